The average molecular weight is 463 g/mol. The van der Waals surface area contributed by atoms with Crippen LogP contribution in [0.4, 0.5) is 4.79 Å². The van der Waals surface area contributed by atoms with Crippen molar-refractivity contribution < 1.29 is 24.2 Å². The molecule has 0 radical (unpaired) electrons. The van der Waals surface area contributed by atoms with Crippen LogP contribution in [0.5, 0.6) is 0 Å². The number of carboxylic acids is 1. The van der Waals surface area contributed by atoms with Crippen LogP contribution in [-0.4, -0.2) is 53.7 Å². The van der Waals surface area contributed by atoms with Crippen LogP contribution in [0.15, 0.2) is 48.5 Å². The third-order valence-corrected chi connectivity index (χ3v) is 7.66. The first-order chi connectivity index (χ1) is 16.5. The Bertz CT molecular complexity index is 1050. The summed E-state index contributed by atoms with van der Waals surface area (Å²) in [5.74, 6) is -0.707. The summed E-state index contributed by atoms with van der Waals surface area (Å²) in [7, 11) is 0. The van der Waals surface area contributed by atoms with Gasteiger partial charge in [-0.1, -0.05) is 48.5 Å². The van der Waals surface area contributed by atoms with Crippen molar-refractivity contribution in [1.82, 2.24) is 10.2 Å². The number of aliphatic carboxylic acids is 1. The van der Waals surface area contributed by atoms with E-state index in [0.717, 1.165) is 25.7 Å². The maximum atomic E-state index is 12.6. The number of alkyl carbamates (subject to hydrolysis) is 1. The van der Waals surface area contributed by atoms with Gasteiger partial charge in [0.1, 0.15) is 12.6 Å². The molecule has 3 aliphatic rings. The third-order valence-electron chi connectivity index (χ3n) is 7.66. The van der Waals surface area contributed by atoms with E-state index >= 15 is 0 Å². The van der Waals surface area contributed by atoms with Gasteiger partial charge in [-0.15, -0.1) is 0 Å². The van der Waals surface area contributed by atoms with Crippen molar-refractivity contribution >= 4 is 18.0 Å². The van der Waals surface area contributed by atoms with Gasteiger partial charge in [-0.2, -0.15) is 0 Å². The van der Waals surface area contributed by atoms with Gasteiger partial charge in [-0.05, 0) is 60.3 Å². The standard InChI is InChI=1S/C27H30N2O5/c30-25(29-14-13-24(29)26(31)32)18-11-9-17(10-12-18)15-28-27(33)34-16-23-21-7-3-1-5-19(21)20-6-2-4-8-22(20)23/h1-8,17-18,23-24H,9-16H2,(H,28,33)(H,31,32). The van der Waals surface area contributed by atoms with E-state index in [0.29, 0.717) is 32.0 Å². The number of benzene rings is 2. The summed E-state index contributed by atoms with van der Waals surface area (Å²) < 4.78 is 5.61. The molecule has 0 aromatic heterocycles. The second-order valence-corrected chi connectivity index (χ2v) is 9.60. The SMILES string of the molecule is O=C(NCC1CCC(C(=O)N2CCC2C(=O)O)CC1)OCC1c2ccccc2-c2ccccc21. The van der Waals surface area contributed by atoms with Crippen molar-refractivity contribution in [3.8, 4) is 11.1 Å². The first-order valence-electron chi connectivity index (χ1n) is 12.1. The Kier molecular flexibility index (Phi) is 6.26. The number of likely N-dealkylation sites (tertiary alicyclic amines) is 1. The van der Waals surface area contributed by atoms with Crippen molar-refractivity contribution in [2.45, 2.75) is 44.1 Å². The van der Waals surface area contributed by atoms with E-state index in [1.165, 1.54) is 27.2 Å². The lowest BCUT2D eigenvalue weighted by atomic mass is 9.80. The number of nitrogens with one attached hydrogen (secondary N) is 1. The Morgan fingerprint density at radius 2 is 1.53 bits per heavy atom. The molecule has 2 aliphatic carbocycles. The van der Waals surface area contributed by atoms with Crippen LogP contribution >= 0.6 is 0 Å². The second kappa shape index (κ2) is 9.49. The molecule has 34 heavy (non-hydrogen) atoms. The van der Waals surface area contributed by atoms with Gasteiger partial charge in [0.05, 0.1) is 0 Å². The smallest absolute Gasteiger partial charge is 0.407 e. The monoisotopic (exact) mass is 462 g/mol. The lowest BCUT2D eigenvalue weighted by molar-refractivity contribution is -0.160. The van der Waals surface area contributed by atoms with Gasteiger partial charge < -0.3 is 20.1 Å². The number of hydrogen-bond acceptors (Lipinski definition) is 4. The summed E-state index contributed by atoms with van der Waals surface area (Å²) in [6.45, 7) is 1.36. The molecular formula is C27H30N2O5. The van der Waals surface area contributed by atoms with Gasteiger partial charge in [0, 0.05) is 24.9 Å². The zero-order valence-electron chi connectivity index (χ0n) is 19.1. The summed E-state index contributed by atoms with van der Waals surface area (Å²) in [4.78, 5) is 37.7. The third kappa shape index (κ3) is 4.27. The fourth-order valence-corrected chi connectivity index (χ4v) is 5.63. The lowest BCUT2D eigenvalue weighted by Gasteiger charge is -2.41. The molecule has 2 aromatic carbocycles. The number of fused-ring (bicyclic) bond motifs is 3. The molecule has 0 spiro atoms. The molecule has 2 fully saturated rings. The molecule has 2 N–H and O–H groups in total. The molecule has 2 amide bonds. The van der Waals surface area contributed by atoms with Gasteiger partial charge in [0.2, 0.25) is 5.91 Å². The van der Waals surface area contributed by atoms with Crippen molar-refractivity contribution in [1.29, 1.82) is 0 Å². The van der Waals surface area contributed by atoms with Crippen LogP contribution in [-0.2, 0) is 14.3 Å². The van der Waals surface area contributed by atoms with Crippen LogP contribution in [0, 0.1) is 11.8 Å². The van der Waals surface area contributed by atoms with E-state index in [-0.39, 0.29) is 17.7 Å². The zero-order chi connectivity index (χ0) is 23.7. The van der Waals surface area contributed by atoms with Crippen LogP contribution in [0.3, 0.4) is 0 Å². The molecule has 1 aliphatic heterocycles. The number of rotatable bonds is 6. The van der Waals surface area contributed by atoms with Crippen molar-refractivity contribution in [2.75, 3.05) is 19.7 Å². The molecule has 178 valence electrons. The highest BCUT2D eigenvalue weighted by molar-refractivity contribution is 5.86. The van der Waals surface area contributed by atoms with E-state index in [1.807, 2.05) is 24.3 Å². The molecule has 1 unspecified atom stereocenters. The topological polar surface area (TPSA) is 95.9 Å². The van der Waals surface area contributed by atoms with E-state index in [1.54, 1.807) is 0 Å². The van der Waals surface area contributed by atoms with Gasteiger partial charge in [-0.25, -0.2) is 9.59 Å². The van der Waals surface area contributed by atoms with Crippen LogP contribution in [0.1, 0.15) is 49.1 Å². The van der Waals surface area contributed by atoms with Gasteiger partial charge in [-0.3, -0.25) is 4.79 Å². The van der Waals surface area contributed by atoms with E-state index in [9.17, 15) is 19.5 Å². The molecule has 7 nitrogen and oxygen atoms in total. The Balaban J connectivity index is 1.08. The minimum absolute atomic E-state index is 0.0263. The number of ether oxygens (including phenoxy) is 1. The van der Waals surface area contributed by atoms with Gasteiger partial charge in [0.25, 0.3) is 0 Å². The molecular weight excluding hydrogens is 432 g/mol. The summed E-state index contributed by atoms with van der Waals surface area (Å²) >= 11 is 0. The lowest BCUT2D eigenvalue weighted by Crippen LogP contribution is -2.57. The Hall–Kier alpha value is -3.35. The van der Waals surface area contributed by atoms with E-state index < -0.39 is 18.1 Å². The van der Waals surface area contributed by atoms with Crippen LogP contribution in [0.25, 0.3) is 11.1 Å². The predicted molar refractivity (Wildman–Crippen MR) is 126 cm³/mol. The normalized spacial score (nSPS) is 23.4. The molecule has 0 bridgehead atoms. The van der Waals surface area contributed by atoms with E-state index in [2.05, 4.69) is 29.6 Å². The van der Waals surface area contributed by atoms with Crippen molar-refractivity contribution in [3.63, 3.8) is 0 Å². The van der Waals surface area contributed by atoms with Gasteiger partial charge >= 0.3 is 12.1 Å². The van der Waals surface area contributed by atoms with Crippen LogP contribution in [0.2, 0.25) is 0 Å². The number of carbonyl (C=O) groups excluding carboxylic acids is 2. The Morgan fingerprint density at radius 1 is 0.912 bits per heavy atom. The zero-order valence-corrected chi connectivity index (χ0v) is 19.1. The molecule has 5 rings (SSSR count). The molecule has 1 heterocycles. The first kappa shape index (κ1) is 22.4. The maximum absolute atomic E-state index is 12.6. The predicted octanol–water partition coefficient (Wildman–Crippen LogP) is 4.02. The number of amides is 2. The number of hydrogen-bond donors (Lipinski definition) is 2. The Morgan fingerprint density at radius 3 is 2.09 bits per heavy atom. The second-order valence-electron chi connectivity index (χ2n) is 9.60. The highest BCUT2D eigenvalue weighted by Crippen LogP contribution is 2.44. The fourth-order valence-electron chi connectivity index (χ4n) is 5.63. The highest BCUT2D eigenvalue weighted by atomic mass is 16.5. The summed E-state index contributed by atoms with van der Waals surface area (Å²) in [5, 5.41) is 12.1. The molecule has 1 saturated carbocycles. The molecule has 7 heteroatoms. The molecule has 1 atom stereocenters. The van der Waals surface area contributed by atoms with Crippen molar-refractivity contribution in [2.24, 2.45) is 11.8 Å². The summed E-state index contributed by atoms with van der Waals surface area (Å²) in [6.07, 6.45) is 3.28. The number of nitrogens with zero attached hydrogens (tertiary/aromatic N) is 1. The summed E-state index contributed by atoms with van der Waals surface area (Å²) in [6, 6.07) is 15.9. The first-order valence-corrected chi connectivity index (χ1v) is 12.1. The molecule has 1 saturated heterocycles. The fraction of sp³-hybridized carbons (Fsp3) is 0.444. The molecule has 2 aromatic rings. The van der Waals surface area contributed by atoms with E-state index in [4.69, 9.17) is 4.74 Å². The minimum Gasteiger partial charge on any atom is -0.480 e. The van der Waals surface area contributed by atoms with Crippen LogP contribution < -0.4 is 5.32 Å². The number of carboxylic acid groups (broad SMARTS) is 1. The van der Waals surface area contributed by atoms with Gasteiger partial charge in [0.15, 0.2) is 0 Å². The average Bonchev–Trinajstić information content (AvgIpc) is 3.14. The largest absolute Gasteiger partial charge is 0.480 e. The minimum atomic E-state index is -0.916. The summed E-state index contributed by atoms with van der Waals surface area (Å²) in [5.41, 5.74) is 4.77. The quantitative estimate of drug-likeness (QED) is 0.676. The maximum Gasteiger partial charge on any atom is 0.407 e. The number of carbonyl (C=O) groups is 3. The van der Waals surface area contributed by atoms with Crippen molar-refractivity contribution in [3.05, 3.63) is 59.7 Å². The Labute approximate surface area is 199 Å². The highest BCUT2D eigenvalue weighted by Gasteiger charge is 2.41.